The number of ketones is 1. The molecule has 0 fully saturated rings. The third-order valence-electron chi connectivity index (χ3n) is 3.26. The molecule has 3 aromatic rings. The van der Waals surface area contributed by atoms with Crippen molar-refractivity contribution in [3.05, 3.63) is 69.7 Å². The van der Waals surface area contributed by atoms with Crippen LogP contribution in [0.25, 0.3) is 11.0 Å². The molecular weight excluding hydrogens is 358 g/mol. The maximum Gasteiger partial charge on any atom is 0.340 e. The molecule has 24 heavy (non-hydrogen) atoms. The summed E-state index contributed by atoms with van der Waals surface area (Å²) in [5.41, 5.74) is 0.339. The van der Waals surface area contributed by atoms with Crippen molar-refractivity contribution in [3.8, 4) is 0 Å². The van der Waals surface area contributed by atoms with Crippen LogP contribution in [0.4, 0.5) is 4.39 Å². The molecule has 3 rings (SSSR count). The Balaban J connectivity index is 1.72. The fraction of sp³-hybridized carbons (Fsp3) is 0.0588. The molecule has 0 atom stereocenters. The quantitative estimate of drug-likeness (QED) is 0.373. The van der Waals surface area contributed by atoms with Crippen LogP contribution in [-0.4, -0.2) is 18.4 Å². The summed E-state index contributed by atoms with van der Waals surface area (Å²) in [6.07, 6.45) is 0. The van der Waals surface area contributed by atoms with Crippen LogP contribution in [0.5, 0.6) is 0 Å². The number of fused-ring (bicyclic) bond motifs is 1. The van der Waals surface area contributed by atoms with Gasteiger partial charge >= 0.3 is 5.97 Å². The van der Waals surface area contributed by atoms with E-state index in [-0.39, 0.29) is 21.4 Å². The zero-order valence-corrected chi connectivity index (χ0v) is 13.5. The lowest BCUT2D eigenvalue weighted by Gasteiger charge is -2.06. The molecule has 1 heterocycles. The summed E-state index contributed by atoms with van der Waals surface area (Å²) in [6.45, 7) is -0.556. The van der Waals surface area contributed by atoms with Crippen molar-refractivity contribution in [1.82, 2.24) is 0 Å². The monoisotopic (exact) mass is 366 g/mol. The maximum atomic E-state index is 13.4. The Hall–Kier alpha value is -2.37. The van der Waals surface area contributed by atoms with Crippen LogP contribution >= 0.6 is 23.2 Å². The number of ether oxygens (including phenoxy) is 1. The first-order valence-electron chi connectivity index (χ1n) is 6.79. The lowest BCUT2D eigenvalue weighted by atomic mass is 10.2. The first kappa shape index (κ1) is 16.5. The van der Waals surface area contributed by atoms with Crippen molar-refractivity contribution < 1.29 is 23.1 Å². The lowest BCUT2D eigenvalue weighted by molar-refractivity contribution is 0.0468. The fourth-order valence-corrected chi connectivity index (χ4v) is 2.54. The average molecular weight is 367 g/mol. The van der Waals surface area contributed by atoms with Gasteiger partial charge in [0.05, 0.1) is 15.6 Å². The van der Waals surface area contributed by atoms with Crippen molar-refractivity contribution in [3.63, 3.8) is 0 Å². The van der Waals surface area contributed by atoms with Gasteiger partial charge in [0.15, 0.2) is 12.4 Å². The number of carbonyl (C=O) groups is 2. The summed E-state index contributed by atoms with van der Waals surface area (Å²) in [5, 5.41) is 0.479. The van der Waals surface area contributed by atoms with Gasteiger partial charge in [-0.1, -0.05) is 41.4 Å². The minimum absolute atomic E-state index is 0.0670. The number of esters is 1. The summed E-state index contributed by atoms with van der Waals surface area (Å²) in [4.78, 5) is 24.0. The van der Waals surface area contributed by atoms with E-state index in [9.17, 15) is 14.0 Å². The highest BCUT2D eigenvalue weighted by Crippen LogP contribution is 2.25. The molecule has 0 radical (unpaired) electrons. The van der Waals surface area contributed by atoms with Gasteiger partial charge in [0.2, 0.25) is 5.78 Å². The lowest BCUT2D eigenvalue weighted by Crippen LogP contribution is -2.14. The molecular formula is C17H9Cl2FO4. The van der Waals surface area contributed by atoms with Gasteiger partial charge in [-0.15, -0.1) is 0 Å². The predicted molar refractivity (Wildman–Crippen MR) is 87.2 cm³/mol. The molecule has 0 saturated carbocycles. The summed E-state index contributed by atoms with van der Waals surface area (Å²) in [5.74, 6) is -2.20. The number of rotatable bonds is 4. The smallest absolute Gasteiger partial charge is 0.340 e. The summed E-state index contributed by atoms with van der Waals surface area (Å²) >= 11 is 11.4. The molecule has 0 spiro atoms. The Labute approximate surface area is 145 Å². The SMILES string of the molecule is O=C(COC(=O)c1cc(F)c(Cl)cc1Cl)c1cc2ccccc2o1. The number of halogens is 3. The van der Waals surface area contributed by atoms with Crippen molar-refractivity contribution >= 4 is 45.9 Å². The van der Waals surface area contributed by atoms with Gasteiger partial charge in [-0.05, 0) is 24.3 Å². The molecule has 0 aliphatic rings. The van der Waals surface area contributed by atoms with E-state index in [2.05, 4.69) is 0 Å². The molecule has 0 amide bonds. The van der Waals surface area contributed by atoms with Crippen LogP contribution < -0.4 is 0 Å². The highest BCUT2D eigenvalue weighted by molar-refractivity contribution is 6.36. The van der Waals surface area contributed by atoms with Gasteiger partial charge < -0.3 is 9.15 Å². The first-order valence-corrected chi connectivity index (χ1v) is 7.55. The second-order valence-corrected chi connectivity index (χ2v) is 5.71. The van der Waals surface area contributed by atoms with Gasteiger partial charge in [-0.3, -0.25) is 4.79 Å². The van der Waals surface area contributed by atoms with E-state index in [1.165, 1.54) is 0 Å². The Morgan fingerprint density at radius 2 is 1.83 bits per heavy atom. The van der Waals surface area contributed by atoms with E-state index >= 15 is 0 Å². The van der Waals surface area contributed by atoms with E-state index in [0.29, 0.717) is 5.58 Å². The Bertz CT molecular complexity index is 916. The molecule has 2 aromatic carbocycles. The molecule has 0 unspecified atom stereocenters. The molecule has 0 aliphatic carbocycles. The minimum atomic E-state index is -0.931. The zero-order chi connectivity index (χ0) is 17.3. The Kier molecular flexibility index (Phi) is 4.55. The summed E-state index contributed by atoms with van der Waals surface area (Å²) in [7, 11) is 0. The topological polar surface area (TPSA) is 56.5 Å². The summed E-state index contributed by atoms with van der Waals surface area (Å²) < 4.78 is 23.7. The van der Waals surface area contributed by atoms with E-state index in [4.69, 9.17) is 32.4 Å². The zero-order valence-electron chi connectivity index (χ0n) is 12.0. The molecule has 1 aromatic heterocycles. The number of benzene rings is 2. The molecule has 0 saturated heterocycles. The van der Waals surface area contributed by atoms with Crippen LogP contribution in [0.15, 0.2) is 46.9 Å². The fourth-order valence-electron chi connectivity index (χ4n) is 2.08. The second-order valence-electron chi connectivity index (χ2n) is 4.89. The van der Waals surface area contributed by atoms with Crippen molar-refractivity contribution in [2.75, 3.05) is 6.61 Å². The minimum Gasteiger partial charge on any atom is -0.454 e. The van der Waals surface area contributed by atoms with Crippen molar-refractivity contribution in [2.45, 2.75) is 0 Å². The van der Waals surface area contributed by atoms with Crippen molar-refractivity contribution in [1.29, 1.82) is 0 Å². The van der Waals surface area contributed by atoms with Crippen LogP contribution in [0.2, 0.25) is 10.0 Å². The van der Waals surface area contributed by atoms with E-state index in [1.807, 2.05) is 6.07 Å². The molecule has 0 aliphatic heterocycles. The van der Waals surface area contributed by atoms with Gasteiger partial charge in [0, 0.05) is 5.39 Å². The molecule has 0 bridgehead atoms. The van der Waals surface area contributed by atoms with Gasteiger partial charge in [-0.2, -0.15) is 0 Å². The maximum absolute atomic E-state index is 13.4. The highest BCUT2D eigenvalue weighted by atomic mass is 35.5. The standard InChI is InChI=1S/C17H9Cl2FO4/c18-11-7-12(19)13(20)6-10(11)17(22)23-8-14(21)16-5-9-3-1-2-4-15(9)24-16/h1-7H,8H2. The predicted octanol–water partition coefficient (Wildman–Crippen LogP) is 4.92. The van der Waals surface area contributed by atoms with Crippen LogP contribution in [0.1, 0.15) is 20.9 Å². The molecule has 4 nitrogen and oxygen atoms in total. The number of hydrogen-bond acceptors (Lipinski definition) is 4. The third kappa shape index (κ3) is 3.27. The number of furan rings is 1. The number of carbonyl (C=O) groups excluding carboxylic acids is 2. The van der Waals surface area contributed by atoms with Crippen LogP contribution in [-0.2, 0) is 4.74 Å². The highest BCUT2D eigenvalue weighted by Gasteiger charge is 2.19. The summed E-state index contributed by atoms with van der Waals surface area (Å²) in [6, 6.07) is 10.6. The van der Waals surface area contributed by atoms with Gasteiger partial charge in [0.1, 0.15) is 11.4 Å². The van der Waals surface area contributed by atoms with Crippen LogP contribution in [0, 0.1) is 5.82 Å². The van der Waals surface area contributed by atoms with Gasteiger partial charge in [-0.25, -0.2) is 9.18 Å². The van der Waals surface area contributed by atoms with E-state index in [1.54, 1.807) is 24.3 Å². The molecule has 7 heteroatoms. The third-order valence-corrected chi connectivity index (χ3v) is 3.87. The Morgan fingerprint density at radius 3 is 2.58 bits per heavy atom. The largest absolute Gasteiger partial charge is 0.454 e. The van der Waals surface area contributed by atoms with Crippen LogP contribution in [0.3, 0.4) is 0 Å². The average Bonchev–Trinajstić information content (AvgIpc) is 2.99. The number of Topliss-reactive ketones (excluding diaryl/α,β-unsaturated/α-hetero) is 1. The van der Waals surface area contributed by atoms with E-state index in [0.717, 1.165) is 17.5 Å². The Morgan fingerprint density at radius 1 is 1.08 bits per heavy atom. The first-order chi connectivity index (χ1) is 11.5. The van der Waals surface area contributed by atoms with Crippen molar-refractivity contribution in [2.24, 2.45) is 0 Å². The molecule has 0 N–H and O–H groups in total. The number of para-hydroxylation sites is 1. The number of hydrogen-bond donors (Lipinski definition) is 0. The van der Waals surface area contributed by atoms with Gasteiger partial charge in [0.25, 0.3) is 0 Å². The normalized spacial score (nSPS) is 10.8. The second kappa shape index (κ2) is 6.63. The van der Waals surface area contributed by atoms with E-state index < -0.39 is 24.2 Å². The molecule has 122 valence electrons.